The number of hydrogen-bond donors (Lipinski definition) is 2. The van der Waals surface area contributed by atoms with Gasteiger partial charge in [-0.2, -0.15) is 5.26 Å². The predicted octanol–water partition coefficient (Wildman–Crippen LogP) is 2.71. The second-order valence-corrected chi connectivity index (χ2v) is 7.88. The van der Waals surface area contributed by atoms with Crippen molar-refractivity contribution in [3.05, 3.63) is 54.0 Å². The molecule has 1 aliphatic carbocycles. The molecule has 2 aromatic rings. The fourth-order valence-corrected chi connectivity index (χ4v) is 4.65. The molecule has 29 heavy (non-hydrogen) atoms. The van der Waals surface area contributed by atoms with Gasteiger partial charge in [0.25, 0.3) is 0 Å². The van der Waals surface area contributed by atoms with Crippen LogP contribution in [0.25, 0.3) is 0 Å². The second-order valence-electron chi connectivity index (χ2n) is 7.88. The van der Waals surface area contributed by atoms with Gasteiger partial charge in [-0.25, -0.2) is 9.97 Å². The van der Waals surface area contributed by atoms with Crippen molar-refractivity contribution in [3.8, 4) is 6.07 Å². The maximum atomic E-state index is 12.9. The monoisotopic (exact) mass is 388 g/mol. The van der Waals surface area contributed by atoms with Gasteiger partial charge in [-0.15, -0.1) is 0 Å². The van der Waals surface area contributed by atoms with Gasteiger partial charge in [0, 0.05) is 31.5 Å². The lowest BCUT2D eigenvalue weighted by atomic mass is 10.0. The molecule has 2 fully saturated rings. The van der Waals surface area contributed by atoms with Crippen molar-refractivity contribution in [2.24, 2.45) is 17.8 Å². The Morgan fingerprint density at radius 1 is 1.28 bits per heavy atom. The zero-order valence-corrected chi connectivity index (χ0v) is 16.2. The SMILES string of the molecule is N#Cc1cc(N2CC3CC(C(=O)NC(CC=N)c4ccccc4)CC3C2)ncn1. The molecule has 1 saturated heterocycles. The van der Waals surface area contributed by atoms with Crippen LogP contribution in [0.4, 0.5) is 5.82 Å². The zero-order chi connectivity index (χ0) is 20.2. The van der Waals surface area contributed by atoms with E-state index in [-0.39, 0.29) is 17.9 Å². The summed E-state index contributed by atoms with van der Waals surface area (Å²) in [5.74, 6) is 1.83. The van der Waals surface area contributed by atoms with Crippen molar-refractivity contribution < 1.29 is 4.79 Å². The first-order chi connectivity index (χ1) is 14.2. The molecule has 7 nitrogen and oxygen atoms in total. The van der Waals surface area contributed by atoms with Crippen molar-refractivity contribution in [3.63, 3.8) is 0 Å². The maximum Gasteiger partial charge on any atom is 0.223 e. The highest BCUT2D eigenvalue weighted by molar-refractivity contribution is 5.80. The van der Waals surface area contributed by atoms with Crippen LogP contribution in [-0.4, -0.2) is 35.2 Å². The van der Waals surface area contributed by atoms with Crippen molar-refractivity contribution >= 4 is 17.9 Å². The van der Waals surface area contributed by atoms with E-state index in [1.54, 1.807) is 6.07 Å². The van der Waals surface area contributed by atoms with Crippen LogP contribution in [0.5, 0.6) is 0 Å². The normalized spacial score (nSPS) is 23.8. The molecule has 4 rings (SSSR count). The van der Waals surface area contributed by atoms with Gasteiger partial charge in [0.1, 0.15) is 23.9 Å². The minimum absolute atomic E-state index is 0.0177. The first kappa shape index (κ1) is 19.1. The maximum absolute atomic E-state index is 12.9. The van der Waals surface area contributed by atoms with Gasteiger partial charge >= 0.3 is 0 Å². The predicted molar refractivity (Wildman–Crippen MR) is 109 cm³/mol. The Bertz CT molecular complexity index is 910. The van der Waals surface area contributed by atoms with Gasteiger partial charge in [0.05, 0.1) is 6.04 Å². The molecule has 0 radical (unpaired) electrons. The van der Waals surface area contributed by atoms with Crippen molar-refractivity contribution in [1.29, 1.82) is 10.7 Å². The average molecular weight is 388 g/mol. The summed E-state index contributed by atoms with van der Waals surface area (Å²) in [7, 11) is 0. The highest BCUT2D eigenvalue weighted by Gasteiger charge is 2.43. The minimum Gasteiger partial charge on any atom is -0.356 e. The third kappa shape index (κ3) is 4.11. The van der Waals surface area contributed by atoms with Gasteiger partial charge in [-0.05, 0) is 36.5 Å². The van der Waals surface area contributed by atoms with Gasteiger partial charge in [-0.3, -0.25) is 4.79 Å². The highest BCUT2D eigenvalue weighted by atomic mass is 16.1. The van der Waals surface area contributed by atoms with E-state index < -0.39 is 0 Å². The van der Waals surface area contributed by atoms with Crippen LogP contribution in [0, 0.1) is 34.5 Å². The third-order valence-corrected chi connectivity index (χ3v) is 6.08. The number of nitrogens with one attached hydrogen (secondary N) is 2. The molecular formula is C22H24N6O. The van der Waals surface area contributed by atoms with Crippen molar-refractivity contribution in [2.75, 3.05) is 18.0 Å². The fourth-order valence-electron chi connectivity index (χ4n) is 4.65. The molecule has 1 aromatic carbocycles. The highest BCUT2D eigenvalue weighted by Crippen LogP contribution is 2.42. The molecule has 0 spiro atoms. The van der Waals surface area contributed by atoms with E-state index in [4.69, 9.17) is 10.7 Å². The molecule has 7 heteroatoms. The summed E-state index contributed by atoms with van der Waals surface area (Å²) in [4.78, 5) is 23.4. The molecule has 1 saturated carbocycles. The van der Waals surface area contributed by atoms with Crippen LogP contribution < -0.4 is 10.2 Å². The topological polar surface area (TPSA) is 106 Å². The van der Waals surface area contributed by atoms with Gasteiger partial charge < -0.3 is 15.6 Å². The van der Waals surface area contributed by atoms with Gasteiger partial charge in [-0.1, -0.05) is 30.3 Å². The Hall–Kier alpha value is -3.27. The number of carbonyl (C=O) groups is 1. The Kier molecular flexibility index (Phi) is 5.52. The molecule has 1 aromatic heterocycles. The van der Waals surface area contributed by atoms with Crippen LogP contribution in [-0.2, 0) is 4.79 Å². The molecule has 148 valence electrons. The number of nitrogens with zero attached hydrogens (tertiary/aromatic N) is 4. The molecule has 2 N–H and O–H groups in total. The lowest BCUT2D eigenvalue weighted by Crippen LogP contribution is -2.34. The summed E-state index contributed by atoms with van der Waals surface area (Å²) < 4.78 is 0. The lowest BCUT2D eigenvalue weighted by Gasteiger charge is -2.22. The van der Waals surface area contributed by atoms with E-state index in [1.165, 1.54) is 12.5 Å². The number of amides is 1. The van der Waals surface area contributed by atoms with E-state index in [9.17, 15) is 4.79 Å². The van der Waals surface area contributed by atoms with E-state index in [1.807, 2.05) is 30.3 Å². The Morgan fingerprint density at radius 3 is 2.66 bits per heavy atom. The number of carbonyl (C=O) groups excluding carboxylic acids is 1. The first-order valence-electron chi connectivity index (χ1n) is 9.99. The molecule has 3 atom stereocenters. The summed E-state index contributed by atoms with van der Waals surface area (Å²) >= 11 is 0. The summed E-state index contributed by atoms with van der Waals surface area (Å²) in [6.45, 7) is 1.72. The van der Waals surface area contributed by atoms with Crippen LogP contribution in [0.1, 0.15) is 36.6 Å². The Morgan fingerprint density at radius 2 is 2.00 bits per heavy atom. The molecule has 2 aliphatic rings. The first-order valence-corrected chi connectivity index (χ1v) is 9.99. The minimum atomic E-state index is -0.149. The summed E-state index contributed by atoms with van der Waals surface area (Å²) in [5, 5.41) is 19.7. The number of rotatable bonds is 6. The zero-order valence-electron chi connectivity index (χ0n) is 16.2. The van der Waals surface area contributed by atoms with Gasteiger partial charge in [0.2, 0.25) is 5.91 Å². The average Bonchev–Trinajstić information content (AvgIpc) is 3.34. The fraction of sp³-hybridized carbons (Fsp3) is 0.409. The molecule has 0 bridgehead atoms. The Balaban J connectivity index is 1.36. The quantitative estimate of drug-likeness (QED) is 0.740. The third-order valence-electron chi connectivity index (χ3n) is 6.08. The second kappa shape index (κ2) is 8.39. The number of benzene rings is 1. The lowest BCUT2D eigenvalue weighted by molar-refractivity contribution is -0.125. The Labute approximate surface area is 170 Å². The number of anilines is 1. The largest absolute Gasteiger partial charge is 0.356 e. The van der Waals surface area contributed by atoms with Crippen molar-refractivity contribution in [2.45, 2.75) is 25.3 Å². The molecule has 1 aliphatic heterocycles. The smallest absolute Gasteiger partial charge is 0.223 e. The molecule has 2 heterocycles. The number of aromatic nitrogens is 2. The van der Waals surface area contributed by atoms with Gasteiger partial charge in [0.15, 0.2) is 0 Å². The summed E-state index contributed by atoms with van der Waals surface area (Å²) in [6, 6.07) is 13.5. The molecule has 3 unspecified atom stereocenters. The van der Waals surface area contributed by atoms with Crippen LogP contribution >= 0.6 is 0 Å². The summed E-state index contributed by atoms with van der Waals surface area (Å²) in [6.07, 6.45) is 5.03. The van der Waals surface area contributed by atoms with Crippen LogP contribution in [0.15, 0.2) is 42.7 Å². The standard InChI is InChI=1S/C22H24N6O/c23-7-6-20(15-4-2-1-3-5-15)27-22(29)16-8-17-12-28(13-18(17)9-16)21-10-19(11-24)25-14-26-21/h1-5,7,10,14,16-18,20,23H,6,8-9,12-13H2,(H,27,29). The summed E-state index contributed by atoms with van der Waals surface area (Å²) in [5.41, 5.74) is 1.41. The van der Waals surface area contributed by atoms with Crippen LogP contribution in [0.3, 0.4) is 0 Å². The van der Waals surface area contributed by atoms with Crippen LogP contribution in [0.2, 0.25) is 0 Å². The molecule has 1 amide bonds. The number of fused-ring (bicyclic) bond motifs is 1. The molecular weight excluding hydrogens is 364 g/mol. The van der Waals surface area contributed by atoms with E-state index >= 15 is 0 Å². The van der Waals surface area contributed by atoms with Crippen molar-refractivity contribution in [1.82, 2.24) is 15.3 Å². The van der Waals surface area contributed by atoms with E-state index in [2.05, 4.69) is 26.3 Å². The van der Waals surface area contributed by atoms with E-state index in [0.29, 0.717) is 24.0 Å². The number of hydrogen-bond acceptors (Lipinski definition) is 6. The van der Waals surface area contributed by atoms with E-state index in [0.717, 1.165) is 37.3 Å². The number of nitriles is 1.